The summed E-state index contributed by atoms with van der Waals surface area (Å²) in [5.74, 6) is 1.31. The molecule has 1 atom stereocenters. The summed E-state index contributed by atoms with van der Waals surface area (Å²) in [6.07, 6.45) is 7.75. The summed E-state index contributed by atoms with van der Waals surface area (Å²) in [6, 6.07) is 10.1. The van der Waals surface area contributed by atoms with Gasteiger partial charge in [0.05, 0.1) is 35.1 Å². The Labute approximate surface area is 300 Å². The summed E-state index contributed by atoms with van der Waals surface area (Å²) < 4.78 is 15.8. The smallest absolute Gasteiger partial charge is 0.410 e. The first-order valence-electron chi connectivity index (χ1n) is 18.5. The van der Waals surface area contributed by atoms with Crippen LogP contribution in [0.1, 0.15) is 87.8 Å². The molecule has 3 aromatic heterocycles. The van der Waals surface area contributed by atoms with Crippen molar-refractivity contribution in [1.82, 2.24) is 34.1 Å². The number of ether oxygens (including phenoxy) is 2. The summed E-state index contributed by atoms with van der Waals surface area (Å²) in [7, 11) is 1.86. The van der Waals surface area contributed by atoms with Gasteiger partial charge in [0.25, 0.3) is 5.91 Å². The Bertz CT molecular complexity index is 1910. The van der Waals surface area contributed by atoms with E-state index in [1.165, 1.54) is 5.56 Å². The molecular formula is C39H52N8O4. The van der Waals surface area contributed by atoms with Crippen LogP contribution in [0, 0.1) is 18.3 Å². The molecule has 0 unspecified atom stereocenters. The maximum absolute atomic E-state index is 13.8. The van der Waals surface area contributed by atoms with Gasteiger partial charge in [0, 0.05) is 44.5 Å². The molecule has 3 aliphatic rings. The van der Waals surface area contributed by atoms with Crippen LogP contribution in [-0.4, -0.2) is 84.5 Å². The topological polar surface area (TPSA) is 120 Å². The van der Waals surface area contributed by atoms with Crippen molar-refractivity contribution in [2.24, 2.45) is 18.4 Å². The number of hydrogen-bond donors (Lipinski definition) is 1. The third-order valence-corrected chi connectivity index (χ3v) is 10.8. The van der Waals surface area contributed by atoms with Crippen molar-refractivity contribution in [2.45, 2.75) is 91.8 Å². The van der Waals surface area contributed by atoms with Crippen LogP contribution in [0.4, 0.5) is 10.7 Å². The van der Waals surface area contributed by atoms with Crippen LogP contribution in [-0.2, 0) is 24.9 Å². The lowest BCUT2D eigenvalue weighted by atomic mass is 9.71. The van der Waals surface area contributed by atoms with Gasteiger partial charge in [-0.3, -0.25) is 20.0 Å². The highest BCUT2D eigenvalue weighted by molar-refractivity contribution is 6.04. The van der Waals surface area contributed by atoms with Crippen molar-refractivity contribution in [3.63, 3.8) is 0 Å². The quantitative estimate of drug-likeness (QED) is 0.243. The number of piperidine rings is 2. The van der Waals surface area contributed by atoms with E-state index in [1.807, 2.05) is 39.6 Å². The van der Waals surface area contributed by atoms with Crippen molar-refractivity contribution in [3.8, 4) is 17.1 Å². The van der Waals surface area contributed by atoms with Gasteiger partial charge in [-0.2, -0.15) is 5.10 Å². The fourth-order valence-electron chi connectivity index (χ4n) is 7.87. The standard InChI is InChI=1S/C39H52N8O4/c1-26-8-7-19-50-35-30(23-40-44(35)6)32-22-29(20-27(2)41-32)34(48)43-36-42-31-10-9-28(21-33(31)47(36)24-26)25-45-15-11-39(12-16-45)13-17-46(18-14-39)37(49)51-38(3,4)5/h9-10,20-23,26H,7-8,11-19,24-25H2,1-6H3,(H,42,43,48)/t26-/m1/s1. The number of nitrogens with zero attached hydrogens (tertiary/aromatic N) is 7. The second-order valence-corrected chi connectivity index (χ2v) is 16.0. The van der Waals surface area contributed by atoms with E-state index in [2.05, 4.69) is 45.0 Å². The Kier molecular flexibility index (Phi) is 9.56. The summed E-state index contributed by atoms with van der Waals surface area (Å²) in [5, 5.41) is 7.56. The molecule has 0 saturated carbocycles. The molecule has 12 nitrogen and oxygen atoms in total. The van der Waals surface area contributed by atoms with Crippen molar-refractivity contribution in [2.75, 3.05) is 38.1 Å². The van der Waals surface area contributed by atoms with Gasteiger partial charge in [-0.05, 0) is 120 Å². The predicted molar refractivity (Wildman–Crippen MR) is 197 cm³/mol. The average Bonchev–Trinajstić information content (AvgIpc) is 3.61. The number of benzene rings is 1. The number of nitrogens with one attached hydrogen (secondary N) is 1. The molecule has 1 N–H and O–H groups in total. The molecule has 1 aromatic carbocycles. The number of pyridine rings is 1. The molecule has 3 aliphatic heterocycles. The number of imidazole rings is 1. The zero-order valence-corrected chi connectivity index (χ0v) is 31.0. The molecule has 0 radical (unpaired) electrons. The third kappa shape index (κ3) is 7.75. The van der Waals surface area contributed by atoms with Gasteiger partial charge < -0.3 is 18.9 Å². The van der Waals surface area contributed by atoms with Gasteiger partial charge in [-0.15, -0.1) is 0 Å². The van der Waals surface area contributed by atoms with Gasteiger partial charge in [0.1, 0.15) is 5.60 Å². The van der Waals surface area contributed by atoms with Crippen molar-refractivity contribution in [3.05, 3.63) is 53.3 Å². The maximum atomic E-state index is 13.8. The fraction of sp³-hybridized carbons (Fsp3) is 0.564. The van der Waals surface area contributed by atoms with E-state index in [0.717, 1.165) is 100 Å². The number of carbonyl (C=O) groups excluding carboxylic acids is 2. The second-order valence-electron chi connectivity index (χ2n) is 16.0. The zero-order chi connectivity index (χ0) is 35.9. The largest absolute Gasteiger partial charge is 0.477 e. The van der Waals surface area contributed by atoms with Crippen LogP contribution >= 0.6 is 0 Å². The number of likely N-dealkylation sites (tertiary alicyclic amines) is 2. The number of aryl methyl sites for hydroxylation is 2. The number of amides is 2. The first-order valence-corrected chi connectivity index (χ1v) is 18.5. The fourth-order valence-corrected chi connectivity index (χ4v) is 7.87. The van der Waals surface area contributed by atoms with Crippen LogP contribution in [0.2, 0.25) is 0 Å². The normalized spacial score (nSPS) is 20.2. The molecule has 51 heavy (non-hydrogen) atoms. The maximum Gasteiger partial charge on any atom is 0.410 e. The number of carbonyl (C=O) groups is 2. The second kappa shape index (κ2) is 13.9. The molecular weight excluding hydrogens is 644 g/mol. The first-order chi connectivity index (χ1) is 24.3. The highest BCUT2D eigenvalue weighted by Gasteiger charge is 2.39. The lowest BCUT2D eigenvalue weighted by Gasteiger charge is -2.46. The zero-order valence-electron chi connectivity index (χ0n) is 31.0. The number of hydrogen-bond acceptors (Lipinski definition) is 8. The van der Waals surface area contributed by atoms with Crippen LogP contribution in [0.15, 0.2) is 36.5 Å². The lowest BCUT2D eigenvalue weighted by molar-refractivity contribution is -0.00312. The van der Waals surface area contributed by atoms with E-state index in [4.69, 9.17) is 19.4 Å². The molecule has 2 saturated heterocycles. The Balaban J connectivity index is 1.07. The summed E-state index contributed by atoms with van der Waals surface area (Å²) in [6.45, 7) is 15.7. The molecule has 1 spiro atoms. The van der Waals surface area contributed by atoms with Crippen LogP contribution in [0.25, 0.3) is 22.3 Å². The van der Waals surface area contributed by atoms with Crippen molar-refractivity contribution >= 4 is 29.0 Å². The van der Waals surface area contributed by atoms with E-state index >= 15 is 0 Å². The molecule has 6 heterocycles. The Morgan fingerprint density at radius 1 is 1.06 bits per heavy atom. The van der Waals surface area contributed by atoms with Crippen molar-refractivity contribution in [1.29, 1.82) is 0 Å². The minimum atomic E-state index is -0.470. The molecule has 7 rings (SSSR count). The summed E-state index contributed by atoms with van der Waals surface area (Å²) in [5.41, 5.74) is 5.64. The van der Waals surface area contributed by atoms with Gasteiger partial charge in [-0.1, -0.05) is 13.0 Å². The number of rotatable bonds is 2. The van der Waals surface area contributed by atoms with Crippen LogP contribution in [0.3, 0.4) is 0 Å². The minimum Gasteiger partial charge on any atom is -0.477 e. The highest BCUT2D eigenvalue weighted by atomic mass is 16.6. The number of anilines is 1. The molecule has 12 heteroatoms. The monoisotopic (exact) mass is 696 g/mol. The minimum absolute atomic E-state index is 0.189. The summed E-state index contributed by atoms with van der Waals surface area (Å²) >= 11 is 0. The molecule has 0 aliphatic carbocycles. The van der Waals surface area contributed by atoms with Gasteiger partial charge in [-0.25, -0.2) is 14.5 Å². The molecule has 2 fully saturated rings. The van der Waals surface area contributed by atoms with E-state index in [9.17, 15) is 9.59 Å². The van der Waals surface area contributed by atoms with E-state index in [0.29, 0.717) is 41.0 Å². The molecule has 4 aromatic rings. The number of aromatic nitrogens is 5. The Morgan fingerprint density at radius 2 is 1.80 bits per heavy atom. The van der Waals surface area contributed by atoms with Crippen molar-refractivity contribution < 1.29 is 19.1 Å². The molecule has 2 bridgehead atoms. The lowest BCUT2D eigenvalue weighted by Crippen LogP contribution is -2.49. The third-order valence-electron chi connectivity index (χ3n) is 10.8. The van der Waals surface area contributed by atoms with Gasteiger partial charge in [0.2, 0.25) is 11.8 Å². The average molecular weight is 697 g/mol. The predicted octanol–water partition coefficient (Wildman–Crippen LogP) is 6.81. The SMILES string of the molecule is Cc1cc2cc(n1)-c1cnn(C)c1OCCC[C@@H](C)Cn1c(nc3ccc(CN4CCC5(CC4)CCN(C(=O)OC(C)(C)C)CC5)cc31)NC2=O. The van der Waals surface area contributed by atoms with Gasteiger partial charge in [0.15, 0.2) is 0 Å². The number of fused-ring (bicyclic) bond motifs is 7. The molecule has 2 amide bonds. The highest BCUT2D eigenvalue weighted by Crippen LogP contribution is 2.42. The van der Waals surface area contributed by atoms with E-state index < -0.39 is 5.60 Å². The van der Waals surface area contributed by atoms with Crippen LogP contribution in [0.5, 0.6) is 5.88 Å². The van der Waals surface area contributed by atoms with Crippen LogP contribution < -0.4 is 10.1 Å². The Hall–Kier alpha value is -4.45. The molecule has 272 valence electrons. The first kappa shape index (κ1) is 35.0. The van der Waals surface area contributed by atoms with E-state index in [-0.39, 0.29) is 12.0 Å². The summed E-state index contributed by atoms with van der Waals surface area (Å²) in [4.78, 5) is 40.5. The Morgan fingerprint density at radius 3 is 2.55 bits per heavy atom. The van der Waals surface area contributed by atoms with E-state index in [1.54, 1.807) is 23.0 Å². The van der Waals surface area contributed by atoms with Gasteiger partial charge >= 0.3 is 6.09 Å².